The third-order valence-electron chi connectivity index (χ3n) is 5.53. The molecule has 0 unspecified atom stereocenters. The van der Waals surface area contributed by atoms with E-state index in [1.165, 1.54) is 25.5 Å². The number of anilines is 1. The maximum absolute atomic E-state index is 12.7. The standard InChI is InChI=1S/C19H21ClN4O2/c1-10(11-5-3-2-4-6-11)18(25)22-12-7-13-16-14(9-21-24-19(13)26)17(20)23-15(16)8-12/h7-11,23H,2-6H2,1H3,(H,22,25)(H,24,26)/t10-/m1/s1. The van der Waals surface area contributed by atoms with Crippen LogP contribution in [-0.2, 0) is 4.79 Å². The highest BCUT2D eigenvalue weighted by Gasteiger charge is 2.26. The van der Waals surface area contributed by atoms with E-state index in [0.717, 1.165) is 12.8 Å². The lowest BCUT2D eigenvalue weighted by Gasteiger charge is -2.26. The van der Waals surface area contributed by atoms with Crippen molar-refractivity contribution in [3.8, 4) is 0 Å². The van der Waals surface area contributed by atoms with Crippen LogP contribution in [-0.4, -0.2) is 23.0 Å². The summed E-state index contributed by atoms with van der Waals surface area (Å²) in [5.41, 5.74) is 4.86. The van der Waals surface area contributed by atoms with Gasteiger partial charge in [0.2, 0.25) is 5.91 Å². The van der Waals surface area contributed by atoms with E-state index in [4.69, 9.17) is 11.6 Å². The highest BCUT2D eigenvalue weighted by atomic mass is 35.5. The normalized spacial score (nSPS) is 18.5. The predicted molar refractivity (Wildman–Crippen MR) is 103 cm³/mol. The van der Waals surface area contributed by atoms with Gasteiger partial charge in [0.15, 0.2) is 0 Å². The van der Waals surface area contributed by atoms with Crippen LogP contribution in [0.4, 0.5) is 5.69 Å². The van der Waals surface area contributed by atoms with Crippen molar-refractivity contribution in [3.63, 3.8) is 0 Å². The Morgan fingerprint density at radius 1 is 1.31 bits per heavy atom. The summed E-state index contributed by atoms with van der Waals surface area (Å²) < 4.78 is 0. The van der Waals surface area contributed by atoms with Crippen molar-refractivity contribution in [3.05, 3.63) is 28.4 Å². The predicted octanol–water partition coefficient (Wildman–Crippen LogP) is 4.05. The van der Waals surface area contributed by atoms with Crippen LogP contribution in [0.5, 0.6) is 0 Å². The molecule has 2 aromatic rings. The first-order chi connectivity index (χ1) is 12.5. The second-order valence-electron chi connectivity index (χ2n) is 7.17. The van der Waals surface area contributed by atoms with E-state index in [1.54, 1.807) is 6.07 Å². The molecule has 1 atom stereocenters. The van der Waals surface area contributed by atoms with Gasteiger partial charge in [0.05, 0.1) is 17.3 Å². The molecule has 0 saturated heterocycles. The molecule has 26 heavy (non-hydrogen) atoms. The zero-order valence-electron chi connectivity index (χ0n) is 14.6. The largest absolute Gasteiger partial charge is 0.345 e. The fourth-order valence-corrected chi connectivity index (χ4v) is 4.26. The Morgan fingerprint density at radius 3 is 2.85 bits per heavy atom. The van der Waals surface area contributed by atoms with Gasteiger partial charge in [0, 0.05) is 22.6 Å². The Balaban J connectivity index is 1.64. The quantitative estimate of drug-likeness (QED) is 0.758. The number of H-pyrrole nitrogens is 1. The summed E-state index contributed by atoms with van der Waals surface area (Å²) in [7, 11) is 0. The zero-order chi connectivity index (χ0) is 18.3. The molecule has 6 nitrogen and oxygen atoms in total. The molecule has 0 bridgehead atoms. The van der Waals surface area contributed by atoms with Crippen molar-refractivity contribution in [2.24, 2.45) is 16.9 Å². The molecule has 0 radical (unpaired) electrons. The first-order valence-corrected chi connectivity index (χ1v) is 9.42. The van der Waals surface area contributed by atoms with Crippen molar-refractivity contribution < 1.29 is 9.59 Å². The number of benzene rings is 1. The number of carbonyl (C=O) groups excluding carboxylic acids is 2. The highest BCUT2D eigenvalue weighted by molar-refractivity contribution is 6.35. The molecule has 1 aromatic carbocycles. The van der Waals surface area contributed by atoms with E-state index in [0.29, 0.717) is 38.8 Å². The lowest BCUT2D eigenvalue weighted by Crippen LogP contribution is -2.28. The maximum atomic E-state index is 12.7. The lowest BCUT2D eigenvalue weighted by molar-refractivity contribution is -0.121. The summed E-state index contributed by atoms with van der Waals surface area (Å²) in [6.07, 6.45) is 7.39. The number of hydrogen-bond acceptors (Lipinski definition) is 3. The monoisotopic (exact) mass is 372 g/mol. The molecule has 2 amide bonds. The molecule has 1 aliphatic carbocycles. The number of carbonyl (C=O) groups is 2. The molecule has 2 heterocycles. The van der Waals surface area contributed by atoms with Crippen LogP contribution in [0.1, 0.15) is 54.9 Å². The van der Waals surface area contributed by atoms with Crippen LogP contribution in [0.25, 0.3) is 10.9 Å². The first-order valence-electron chi connectivity index (χ1n) is 9.04. The van der Waals surface area contributed by atoms with Gasteiger partial charge in [0.1, 0.15) is 5.15 Å². The van der Waals surface area contributed by atoms with Crippen molar-refractivity contribution >= 4 is 46.2 Å². The van der Waals surface area contributed by atoms with Gasteiger partial charge in [-0.05, 0) is 30.9 Å². The molecule has 0 spiro atoms. The van der Waals surface area contributed by atoms with Crippen LogP contribution in [0.3, 0.4) is 0 Å². The van der Waals surface area contributed by atoms with Gasteiger partial charge in [-0.25, -0.2) is 5.43 Å². The number of halogens is 1. The van der Waals surface area contributed by atoms with E-state index >= 15 is 0 Å². The van der Waals surface area contributed by atoms with Crippen molar-refractivity contribution in [2.75, 3.05) is 5.32 Å². The fraction of sp³-hybridized carbons (Fsp3) is 0.421. The number of aromatic amines is 1. The van der Waals surface area contributed by atoms with E-state index < -0.39 is 0 Å². The number of nitrogens with zero attached hydrogens (tertiary/aromatic N) is 1. The van der Waals surface area contributed by atoms with Crippen molar-refractivity contribution in [2.45, 2.75) is 39.0 Å². The van der Waals surface area contributed by atoms with Gasteiger partial charge in [-0.1, -0.05) is 37.8 Å². The second kappa shape index (κ2) is 6.76. The number of aromatic nitrogens is 1. The SMILES string of the molecule is C[C@@H](C(=O)Nc1cc2c3c(c(Cl)[nH]c3c1)C=NNC2=O)C1CCCCC1. The third-order valence-corrected chi connectivity index (χ3v) is 5.83. The lowest BCUT2D eigenvalue weighted by atomic mass is 9.80. The first kappa shape index (κ1) is 17.1. The molecular formula is C19H21ClN4O2. The van der Waals surface area contributed by atoms with Gasteiger partial charge in [-0.3, -0.25) is 9.59 Å². The molecule has 1 fully saturated rings. The van der Waals surface area contributed by atoms with Gasteiger partial charge < -0.3 is 10.3 Å². The Labute approximate surface area is 156 Å². The fourth-order valence-electron chi connectivity index (χ4n) is 4.02. The average molecular weight is 373 g/mol. The van der Waals surface area contributed by atoms with Crippen LogP contribution in [0.15, 0.2) is 17.2 Å². The second-order valence-corrected chi connectivity index (χ2v) is 7.55. The Bertz CT molecular complexity index is 912. The maximum Gasteiger partial charge on any atom is 0.272 e. The zero-order valence-corrected chi connectivity index (χ0v) is 15.3. The minimum absolute atomic E-state index is 0.00777. The molecule has 4 rings (SSSR count). The molecule has 3 N–H and O–H groups in total. The van der Waals surface area contributed by atoms with Crippen molar-refractivity contribution in [1.29, 1.82) is 0 Å². The van der Waals surface area contributed by atoms with E-state index in [1.807, 2.05) is 13.0 Å². The third kappa shape index (κ3) is 2.98. The van der Waals surface area contributed by atoms with Gasteiger partial charge in [-0.15, -0.1) is 0 Å². The number of hydrogen-bond donors (Lipinski definition) is 3. The van der Waals surface area contributed by atoms with Gasteiger partial charge in [0.25, 0.3) is 5.91 Å². The van der Waals surface area contributed by atoms with Crippen molar-refractivity contribution in [1.82, 2.24) is 10.4 Å². The van der Waals surface area contributed by atoms with E-state index in [2.05, 4.69) is 20.8 Å². The summed E-state index contributed by atoms with van der Waals surface area (Å²) in [5, 5.41) is 8.00. The Morgan fingerprint density at radius 2 is 2.08 bits per heavy atom. The molecule has 136 valence electrons. The number of hydrazone groups is 1. The minimum Gasteiger partial charge on any atom is -0.345 e. The number of nitrogens with one attached hydrogen (secondary N) is 3. The summed E-state index contributed by atoms with van der Waals surface area (Å²) >= 11 is 6.23. The Kier molecular flexibility index (Phi) is 4.44. The molecule has 1 saturated carbocycles. The van der Waals surface area contributed by atoms with E-state index in [-0.39, 0.29) is 17.7 Å². The van der Waals surface area contributed by atoms with Crippen LogP contribution < -0.4 is 10.7 Å². The molecule has 2 aliphatic rings. The van der Waals surface area contributed by atoms with E-state index in [9.17, 15) is 9.59 Å². The van der Waals surface area contributed by atoms with Crippen LogP contribution in [0.2, 0.25) is 5.15 Å². The Hall–Kier alpha value is -2.34. The molecule has 7 heteroatoms. The molecule has 1 aliphatic heterocycles. The topological polar surface area (TPSA) is 86.3 Å². The molecular weight excluding hydrogens is 352 g/mol. The van der Waals surface area contributed by atoms with Gasteiger partial charge >= 0.3 is 0 Å². The van der Waals surface area contributed by atoms with Gasteiger partial charge in [-0.2, -0.15) is 5.10 Å². The number of amides is 2. The summed E-state index contributed by atoms with van der Waals surface area (Å²) in [6, 6.07) is 3.50. The molecule has 1 aromatic heterocycles. The average Bonchev–Trinajstić information content (AvgIpc) is 2.85. The summed E-state index contributed by atoms with van der Waals surface area (Å²) in [4.78, 5) is 28.1. The highest BCUT2D eigenvalue weighted by Crippen LogP contribution is 2.33. The summed E-state index contributed by atoms with van der Waals surface area (Å²) in [6.45, 7) is 1.99. The van der Waals surface area contributed by atoms with Crippen LogP contribution >= 0.6 is 11.6 Å². The van der Waals surface area contributed by atoms with Crippen LogP contribution in [0, 0.1) is 11.8 Å². The minimum atomic E-state index is -0.322. The summed E-state index contributed by atoms with van der Waals surface area (Å²) in [5.74, 6) is 0.0473. The smallest absolute Gasteiger partial charge is 0.272 e. The number of rotatable bonds is 3.